The zero-order valence-corrected chi connectivity index (χ0v) is 19.1. The third-order valence-corrected chi connectivity index (χ3v) is 5.67. The van der Waals surface area contributed by atoms with Crippen molar-refractivity contribution in [3.05, 3.63) is 65.7 Å². The number of hydrogen-bond donors (Lipinski definition) is 1. The van der Waals surface area contributed by atoms with Crippen molar-refractivity contribution >= 4 is 36.4 Å². The first kappa shape index (κ1) is 25.3. The maximum Gasteiger partial charge on any atom is 0.253 e. The summed E-state index contributed by atoms with van der Waals surface area (Å²) in [6, 6.07) is 18.9. The van der Waals surface area contributed by atoms with Gasteiger partial charge in [0.15, 0.2) is 0 Å². The van der Waals surface area contributed by atoms with Crippen molar-refractivity contribution in [1.29, 1.82) is 0 Å². The van der Waals surface area contributed by atoms with E-state index in [1.54, 1.807) is 0 Å². The van der Waals surface area contributed by atoms with E-state index in [-0.39, 0.29) is 30.7 Å². The van der Waals surface area contributed by atoms with Gasteiger partial charge < -0.3 is 15.5 Å². The standard InChI is InChI=1S/C23H31N3O.2ClH/c1-4-26(17(2)3)21-12-10-19(11-13-21)23(27)25-15-20(14-24)22(16-25)18-8-6-5-7-9-18;;/h5-13,17,20,22H,4,14-16,24H2,1-3H3;2*1H/t20-,22+;;/m1../s1. The summed E-state index contributed by atoms with van der Waals surface area (Å²) in [6.07, 6.45) is 0. The Labute approximate surface area is 187 Å². The van der Waals surface area contributed by atoms with Gasteiger partial charge in [-0.1, -0.05) is 30.3 Å². The van der Waals surface area contributed by atoms with Crippen molar-refractivity contribution in [3.8, 4) is 0 Å². The van der Waals surface area contributed by atoms with Gasteiger partial charge in [-0.15, -0.1) is 24.8 Å². The van der Waals surface area contributed by atoms with E-state index in [0.717, 1.165) is 30.9 Å². The number of carbonyl (C=O) groups excluding carboxylic acids is 1. The summed E-state index contributed by atoms with van der Waals surface area (Å²) < 4.78 is 0. The lowest BCUT2D eigenvalue weighted by molar-refractivity contribution is 0.0786. The van der Waals surface area contributed by atoms with Gasteiger partial charge in [0.05, 0.1) is 0 Å². The molecule has 1 fully saturated rings. The molecule has 0 spiro atoms. The van der Waals surface area contributed by atoms with Gasteiger partial charge in [-0.3, -0.25) is 4.79 Å². The third kappa shape index (κ3) is 5.65. The van der Waals surface area contributed by atoms with Gasteiger partial charge in [-0.25, -0.2) is 0 Å². The number of hydrogen-bond acceptors (Lipinski definition) is 3. The number of benzene rings is 2. The summed E-state index contributed by atoms with van der Waals surface area (Å²) in [5.41, 5.74) is 9.20. The van der Waals surface area contributed by atoms with Crippen LogP contribution in [-0.4, -0.2) is 43.0 Å². The Morgan fingerprint density at radius 2 is 1.69 bits per heavy atom. The maximum atomic E-state index is 13.0. The average Bonchev–Trinajstić information content (AvgIpc) is 3.13. The summed E-state index contributed by atoms with van der Waals surface area (Å²) >= 11 is 0. The molecule has 3 rings (SSSR count). The maximum absolute atomic E-state index is 13.0. The van der Waals surface area contributed by atoms with Crippen molar-refractivity contribution in [1.82, 2.24) is 4.90 Å². The van der Waals surface area contributed by atoms with Gasteiger partial charge in [-0.2, -0.15) is 0 Å². The van der Waals surface area contributed by atoms with E-state index in [2.05, 4.69) is 62.1 Å². The summed E-state index contributed by atoms with van der Waals surface area (Å²) in [6.45, 7) is 9.53. The van der Waals surface area contributed by atoms with E-state index in [9.17, 15) is 4.79 Å². The predicted octanol–water partition coefficient (Wildman–Crippen LogP) is 4.58. The molecule has 0 unspecified atom stereocenters. The highest BCUT2D eigenvalue weighted by Gasteiger charge is 2.35. The van der Waals surface area contributed by atoms with Crippen molar-refractivity contribution in [2.75, 3.05) is 31.1 Å². The number of rotatable bonds is 6. The molecule has 0 bridgehead atoms. The lowest BCUT2D eigenvalue weighted by Gasteiger charge is -2.27. The fraction of sp³-hybridized carbons (Fsp3) is 0.435. The van der Waals surface area contributed by atoms with Crippen LogP contribution in [0.1, 0.15) is 42.6 Å². The molecular weight excluding hydrogens is 405 g/mol. The molecule has 0 radical (unpaired) electrons. The highest BCUT2D eigenvalue weighted by Crippen LogP contribution is 2.33. The highest BCUT2D eigenvalue weighted by atomic mass is 35.5. The topological polar surface area (TPSA) is 49.6 Å². The van der Waals surface area contributed by atoms with E-state index in [0.29, 0.717) is 24.4 Å². The molecular formula is C23H33Cl2N3O. The Morgan fingerprint density at radius 1 is 1.07 bits per heavy atom. The lowest BCUT2D eigenvalue weighted by atomic mass is 9.89. The molecule has 4 nitrogen and oxygen atoms in total. The number of carbonyl (C=O) groups is 1. The molecule has 1 aliphatic rings. The second-order valence-electron chi connectivity index (χ2n) is 7.65. The number of anilines is 1. The molecule has 0 aliphatic carbocycles. The molecule has 1 heterocycles. The SMILES string of the molecule is CCN(c1ccc(C(=O)N2C[C@@H](CN)[C@H](c3ccccc3)C2)cc1)C(C)C.Cl.Cl. The first-order valence-corrected chi connectivity index (χ1v) is 9.96. The molecule has 2 N–H and O–H groups in total. The lowest BCUT2D eigenvalue weighted by Crippen LogP contribution is -2.31. The van der Waals surface area contributed by atoms with E-state index < -0.39 is 0 Å². The Hall–Kier alpha value is -1.75. The van der Waals surface area contributed by atoms with Crippen molar-refractivity contribution < 1.29 is 4.79 Å². The summed E-state index contributed by atoms with van der Waals surface area (Å²) in [5, 5.41) is 0. The van der Waals surface area contributed by atoms with Gasteiger partial charge in [-0.05, 0) is 63.1 Å². The van der Waals surface area contributed by atoms with Crippen molar-refractivity contribution in [3.63, 3.8) is 0 Å². The minimum atomic E-state index is 0. The first-order chi connectivity index (χ1) is 13.0. The highest BCUT2D eigenvalue weighted by molar-refractivity contribution is 5.94. The molecule has 2 atom stereocenters. The summed E-state index contributed by atoms with van der Waals surface area (Å²) in [5.74, 6) is 0.731. The first-order valence-electron chi connectivity index (χ1n) is 9.96. The smallest absolute Gasteiger partial charge is 0.253 e. The normalized spacial score (nSPS) is 18.2. The van der Waals surface area contributed by atoms with E-state index in [1.165, 1.54) is 5.56 Å². The Bertz CT molecular complexity index is 752. The van der Waals surface area contributed by atoms with Crippen molar-refractivity contribution in [2.24, 2.45) is 11.7 Å². The zero-order valence-electron chi connectivity index (χ0n) is 17.5. The van der Waals surface area contributed by atoms with E-state index >= 15 is 0 Å². The predicted molar refractivity (Wildman–Crippen MR) is 127 cm³/mol. The molecule has 1 amide bonds. The summed E-state index contributed by atoms with van der Waals surface area (Å²) in [7, 11) is 0. The van der Waals surface area contributed by atoms with Gasteiger partial charge in [0.25, 0.3) is 5.91 Å². The number of nitrogens with two attached hydrogens (primary N) is 1. The fourth-order valence-corrected chi connectivity index (χ4v) is 4.18. The molecule has 160 valence electrons. The molecule has 2 aromatic rings. The molecule has 29 heavy (non-hydrogen) atoms. The van der Waals surface area contributed by atoms with Gasteiger partial charge in [0, 0.05) is 42.8 Å². The van der Waals surface area contributed by atoms with Crippen LogP contribution in [0.2, 0.25) is 0 Å². The Kier molecular flexibility index (Phi) is 9.97. The molecule has 1 saturated heterocycles. The van der Waals surface area contributed by atoms with E-state index in [4.69, 9.17) is 5.73 Å². The number of likely N-dealkylation sites (tertiary alicyclic amines) is 1. The molecule has 2 aromatic carbocycles. The van der Waals surface area contributed by atoms with Crippen LogP contribution in [0.25, 0.3) is 0 Å². The largest absolute Gasteiger partial charge is 0.369 e. The Morgan fingerprint density at radius 3 is 2.21 bits per heavy atom. The quantitative estimate of drug-likeness (QED) is 0.718. The summed E-state index contributed by atoms with van der Waals surface area (Å²) in [4.78, 5) is 17.3. The van der Waals surface area contributed by atoms with Crippen LogP contribution in [0.4, 0.5) is 5.69 Å². The number of amides is 1. The van der Waals surface area contributed by atoms with Gasteiger partial charge in [0.1, 0.15) is 0 Å². The molecule has 1 aliphatic heterocycles. The molecule has 0 saturated carbocycles. The average molecular weight is 438 g/mol. The van der Waals surface area contributed by atoms with E-state index in [1.807, 2.05) is 23.1 Å². The van der Waals surface area contributed by atoms with Crippen LogP contribution in [0.5, 0.6) is 0 Å². The Balaban J connectivity index is 0.00000210. The van der Waals surface area contributed by atoms with Crippen LogP contribution in [-0.2, 0) is 0 Å². The van der Waals surface area contributed by atoms with Gasteiger partial charge in [0.2, 0.25) is 0 Å². The molecule has 0 aromatic heterocycles. The minimum Gasteiger partial charge on any atom is -0.369 e. The number of nitrogens with zero attached hydrogens (tertiary/aromatic N) is 2. The molecule has 6 heteroatoms. The second-order valence-corrected chi connectivity index (χ2v) is 7.65. The van der Waals surface area contributed by atoms with Crippen LogP contribution >= 0.6 is 24.8 Å². The zero-order chi connectivity index (χ0) is 19.4. The van der Waals surface area contributed by atoms with Crippen LogP contribution in [0.3, 0.4) is 0 Å². The van der Waals surface area contributed by atoms with Crippen LogP contribution in [0.15, 0.2) is 54.6 Å². The number of halogens is 2. The van der Waals surface area contributed by atoms with Crippen LogP contribution in [0, 0.1) is 5.92 Å². The third-order valence-electron chi connectivity index (χ3n) is 5.67. The minimum absolute atomic E-state index is 0. The van der Waals surface area contributed by atoms with Crippen LogP contribution < -0.4 is 10.6 Å². The van der Waals surface area contributed by atoms with Gasteiger partial charge >= 0.3 is 0 Å². The monoisotopic (exact) mass is 437 g/mol. The fourth-order valence-electron chi connectivity index (χ4n) is 4.18. The van der Waals surface area contributed by atoms with Crippen molar-refractivity contribution in [2.45, 2.75) is 32.7 Å². The second kappa shape index (κ2) is 11.4.